The van der Waals surface area contributed by atoms with Crippen LogP contribution in [0.5, 0.6) is 0 Å². The molecule has 1 aliphatic rings. The van der Waals surface area contributed by atoms with Crippen LogP contribution in [0.4, 0.5) is 0 Å². The summed E-state index contributed by atoms with van der Waals surface area (Å²) in [6.45, 7) is 11.4. The van der Waals surface area contributed by atoms with Crippen LogP contribution < -0.4 is 10.6 Å². The van der Waals surface area contributed by atoms with Gasteiger partial charge in [-0.3, -0.25) is 4.99 Å². The largest absolute Gasteiger partial charge is 0.380 e. The Hall–Kier alpha value is -1.63. The maximum absolute atomic E-state index is 5.63. The van der Waals surface area contributed by atoms with Crippen molar-refractivity contribution in [1.29, 1.82) is 0 Å². The van der Waals surface area contributed by atoms with Gasteiger partial charge in [0.05, 0.1) is 13.2 Å². The summed E-state index contributed by atoms with van der Waals surface area (Å²) >= 11 is 0. The number of ether oxygens (including phenoxy) is 1. The van der Waals surface area contributed by atoms with E-state index in [1.165, 1.54) is 19.3 Å². The third-order valence-corrected chi connectivity index (χ3v) is 4.52. The Bertz CT molecular complexity index is 540. The highest BCUT2D eigenvalue weighted by Gasteiger charge is 2.14. The number of aryl methyl sites for hydroxylation is 1. The number of guanidine groups is 1. The molecule has 7 heteroatoms. The molecule has 148 valence electrons. The number of nitrogens with one attached hydrogen (secondary N) is 2. The van der Waals surface area contributed by atoms with Gasteiger partial charge >= 0.3 is 0 Å². The number of nitrogens with zero attached hydrogens (tertiary/aromatic N) is 4. The van der Waals surface area contributed by atoms with E-state index in [0.29, 0.717) is 19.1 Å². The normalized spacial score (nSPS) is 15.0. The van der Waals surface area contributed by atoms with Crippen LogP contribution in [-0.2, 0) is 24.1 Å². The highest BCUT2D eigenvalue weighted by Crippen LogP contribution is 2.14. The number of fused-ring (bicyclic) bond motifs is 1. The van der Waals surface area contributed by atoms with E-state index in [4.69, 9.17) is 4.74 Å². The lowest BCUT2D eigenvalue weighted by molar-refractivity contribution is 0.130. The van der Waals surface area contributed by atoms with Crippen LogP contribution >= 0.6 is 0 Å². The molecule has 2 heterocycles. The molecule has 1 aromatic heterocycles. The van der Waals surface area contributed by atoms with E-state index < -0.39 is 0 Å². The summed E-state index contributed by atoms with van der Waals surface area (Å²) in [6, 6.07) is 0. The number of hydrogen-bond donors (Lipinski definition) is 2. The Morgan fingerprint density at radius 2 is 2.08 bits per heavy atom. The van der Waals surface area contributed by atoms with Crippen molar-refractivity contribution in [2.24, 2.45) is 10.9 Å². The van der Waals surface area contributed by atoms with E-state index in [1.807, 2.05) is 0 Å². The predicted molar refractivity (Wildman–Crippen MR) is 106 cm³/mol. The fourth-order valence-electron chi connectivity index (χ4n) is 3.01. The smallest absolute Gasteiger partial charge is 0.191 e. The van der Waals surface area contributed by atoms with Gasteiger partial charge < -0.3 is 19.9 Å². The average Bonchev–Trinajstić information content (AvgIpc) is 2.84. The molecule has 0 radical (unpaired) electrons. The van der Waals surface area contributed by atoms with Crippen molar-refractivity contribution in [1.82, 2.24) is 25.4 Å². The van der Waals surface area contributed by atoms with Gasteiger partial charge in [0.1, 0.15) is 11.6 Å². The third-order valence-electron chi connectivity index (χ3n) is 4.52. The lowest BCUT2D eigenvalue weighted by atomic mass is 10.1. The molecule has 1 aromatic rings. The quantitative estimate of drug-likeness (QED) is 0.378. The summed E-state index contributed by atoms with van der Waals surface area (Å²) in [4.78, 5) is 4.58. The summed E-state index contributed by atoms with van der Waals surface area (Å²) in [7, 11) is 0. The Morgan fingerprint density at radius 3 is 2.88 bits per heavy atom. The lowest BCUT2D eigenvalue weighted by Crippen LogP contribution is -2.38. The van der Waals surface area contributed by atoms with Gasteiger partial charge in [-0.15, -0.1) is 10.2 Å². The van der Waals surface area contributed by atoms with Gasteiger partial charge in [0, 0.05) is 39.1 Å². The van der Waals surface area contributed by atoms with Gasteiger partial charge in [-0.2, -0.15) is 0 Å². The average molecular weight is 365 g/mol. The van der Waals surface area contributed by atoms with Crippen LogP contribution in [0.2, 0.25) is 0 Å². The van der Waals surface area contributed by atoms with Crippen molar-refractivity contribution in [3.05, 3.63) is 11.6 Å². The van der Waals surface area contributed by atoms with Crippen LogP contribution in [0.3, 0.4) is 0 Å². The number of hydrogen-bond acceptors (Lipinski definition) is 4. The van der Waals surface area contributed by atoms with Crippen molar-refractivity contribution < 1.29 is 4.74 Å². The van der Waals surface area contributed by atoms with Crippen LogP contribution in [0.1, 0.15) is 58.1 Å². The summed E-state index contributed by atoms with van der Waals surface area (Å²) in [5.74, 6) is 3.76. The Kier molecular flexibility index (Phi) is 9.45. The van der Waals surface area contributed by atoms with Crippen LogP contribution in [0.25, 0.3) is 0 Å². The molecular formula is C19H36N6O. The molecule has 0 aliphatic carbocycles. The van der Waals surface area contributed by atoms with E-state index in [1.54, 1.807) is 0 Å². The Morgan fingerprint density at radius 1 is 1.19 bits per heavy atom. The summed E-state index contributed by atoms with van der Waals surface area (Å²) < 4.78 is 7.93. The van der Waals surface area contributed by atoms with Gasteiger partial charge in [-0.05, 0) is 32.1 Å². The van der Waals surface area contributed by atoms with Gasteiger partial charge in [0.25, 0.3) is 0 Å². The summed E-state index contributed by atoms with van der Waals surface area (Å²) in [5.41, 5.74) is 0. The number of rotatable bonds is 10. The molecule has 0 aromatic carbocycles. The van der Waals surface area contributed by atoms with Crippen LogP contribution in [0, 0.1) is 5.92 Å². The number of aliphatic imine (C=N–C) groups is 1. The van der Waals surface area contributed by atoms with Crippen LogP contribution in [-0.4, -0.2) is 53.6 Å². The van der Waals surface area contributed by atoms with E-state index >= 15 is 0 Å². The summed E-state index contributed by atoms with van der Waals surface area (Å²) in [6.07, 6.45) is 6.77. The maximum Gasteiger partial charge on any atom is 0.191 e. The minimum absolute atomic E-state index is 0.668. The van der Waals surface area contributed by atoms with E-state index in [9.17, 15) is 0 Å². The standard InChI is InChI=1S/C19H36N6O/c1-4-20-19(22-12-15-26-14-10-16(2)3)21-11-9-18-24-23-17-8-6-5-7-13-25(17)18/h16H,4-15H2,1-3H3,(H2,20,21,22). The zero-order valence-corrected chi connectivity index (χ0v) is 16.8. The first-order valence-electron chi connectivity index (χ1n) is 10.2. The zero-order valence-electron chi connectivity index (χ0n) is 16.8. The van der Waals surface area contributed by atoms with Gasteiger partial charge in [0.2, 0.25) is 0 Å². The van der Waals surface area contributed by atoms with E-state index in [0.717, 1.165) is 63.1 Å². The van der Waals surface area contributed by atoms with Crippen LogP contribution in [0.15, 0.2) is 4.99 Å². The molecule has 0 unspecified atom stereocenters. The van der Waals surface area contributed by atoms with E-state index in [2.05, 4.69) is 51.2 Å². The zero-order chi connectivity index (χ0) is 18.6. The fourth-order valence-corrected chi connectivity index (χ4v) is 3.01. The second kappa shape index (κ2) is 11.9. The molecule has 0 saturated heterocycles. The fraction of sp³-hybridized carbons (Fsp3) is 0.842. The minimum atomic E-state index is 0.668. The van der Waals surface area contributed by atoms with E-state index in [-0.39, 0.29) is 0 Å². The molecule has 2 N–H and O–H groups in total. The number of aromatic nitrogens is 3. The van der Waals surface area contributed by atoms with Gasteiger partial charge in [-0.1, -0.05) is 20.3 Å². The highest BCUT2D eigenvalue weighted by atomic mass is 16.5. The predicted octanol–water partition coefficient (Wildman–Crippen LogP) is 2.16. The Balaban J connectivity index is 1.72. The van der Waals surface area contributed by atoms with Crippen molar-refractivity contribution >= 4 is 5.96 Å². The molecule has 0 saturated carbocycles. The molecule has 26 heavy (non-hydrogen) atoms. The second-order valence-electron chi connectivity index (χ2n) is 7.23. The molecule has 0 spiro atoms. The van der Waals surface area contributed by atoms with Crippen molar-refractivity contribution in [2.75, 3.05) is 32.8 Å². The minimum Gasteiger partial charge on any atom is -0.380 e. The van der Waals surface area contributed by atoms with Crippen molar-refractivity contribution in [3.63, 3.8) is 0 Å². The second-order valence-corrected chi connectivity index (χ2v) is 7.23. The molecular weight excluding hydrogens is 328 g/mol. The topological polar surface area (TPSA) is 76.4 Å². The monoisotopic (exact) mass is 364 g/mol. The molecule has 7 nitrogen and oxygen atoms in total. The molecule has 0 atom stereocenters. The van der Waals surface area contributed by atoms with Crippen molar-refractivity contribution in [3.8, 4) is 0 Å². The third kappa shape index (κ3) is 7.32. The first-order chi connectivity index (χ1) is 12.7. The Labute approximate surface area is 158 Å². The van der Waals surface area contributed by atoms with Gasteiger partial charge in [0.15, 0.2) is 5.96 Å². The first kappa shape index (κ1) is 20.7. The summed E-state index contributed by atoms with van der Waals surface area (Å²) in [5, 5.41) is 15.4. The molecule has 0 fully saturated rings. The maximum atomic E-state index is 5.63. The lowest BCUT2D eigenvalue weighted by Gasteiger charge is -2.12. The SMILES string of the molecule is CCNC(=NCCOCCC(C)C)NCCc1nnc2n1CCCCC2. The molecule has 0 amide bonds. The molecule has 0 bridgehead atoms. The first-order valence-corrected chi connectivity index (χ1v) is 10.2. The van der Waals surface area contributed by atoms with Crippen molar-refractivity contribution in [2.45, 2.75) is 65.8 Å². The van der Waals surface area contributed by atoms with Gasteiger partial charge in [-0.25, -0.2) is 0 Å². The molecule has 2 rings (SSSR count). The highest BCUT2D eigenvalue weighted by molar-refractivity contribution is 5.79. The molecule has 1 aliphatic heterocycles.